The lowest BCUT2D eigenvalue weighted by atomic mass is 10.1. The third-order valence-electron chi connectivity index (χ3n) is 3.64. The fraction of sp³-hybridized carbons (Fsp3) is 0.294. The molecule has 0 fully saturated rings. The number of rotatable bonds is 3. The summed E-state index contributed by atoms with van der Waals surface area (Å²) in [6, 6.07) is 5.43. The normalized spacial score (nSPS) is 11.7. The van der Waals surface area contributed by atoms with Gasteiger partial charge >= 0.3 is 0 Å². The Hall–Kier alpha value is -2.76. The molecule has 0 unspecified atom stereocenters. The van der Waals surface area contributed by atoms with Crippen molar-refractivity contribution < 1.29 is 4.79 Å². The van der Waals surface area contributed by atoms with E-state index < -0.39 is 0 Å². The molecule has 0 aliphatic carbocycles. The molecule has 0 saturated heterocycles. The molecule has 0 aliphatic rings. The van der Waals surface area contributed by atoms with Crippen molar-refractivity contribution in [2.24, 2.45) is 0 Å². The third kappa shape index (κ3) is 2.79. The van der Waals surface area contributed by atoms with Gasteiger partial charge in [-0.25, -0.2) is 9.97 Å². The van der Waals surface area contributed by atoms with E-state index in [2.05, 4.69) is 41.0 Å². The van der Waals surface area contributed by atoms with Crippen LogP contribution in [0.3, 0.4) is 0 Å². The Kier molecular flexibility index (Phi) is 3.60. The smallest absolute Gasteiger partial charge is 0.248 e. The number of nitrogens with zero attached hydrogens (tertiary/aromatic N) is 4. The minimum absolute atomic E-state index is 0.122. The molecule has 3 aromatic heterocycles. The molecule has 118 valence electrons. The molecule has 23 heavy (non-hydrogen) atoms. The first-order chi connectivity index (χ1) is 10.9. The molecule has 0 radical (unpaired) electrons. The average molecular weight is 309 g/mol. The molecule has 3 aromatic rings. The van der Waals surface area contributed by atoms with Crippen molar-refractivity contribution in [1.82, 2.24) is 19.5 Å². The van der Waals surface area contributed by atoms with E-state index >= 15 is 0 Å². The maximum Gasteiger partial charge on any atom is 0.248 e. The second-order valence-corrected chi connectivity index (χ2v) is 6.34. The van der Waals surface area contributed by atoms with Gasteiger partial charge in [-0.1, -0.05) is 0 Å². The van der Waals surface area contributed by atoms with Gasteiger partial charge in [0.1, 0.15) is 11.3 Å². The van der Waals surface area contributed by atoms with Crippen LogP contribution in [0.15, 0.2) is 36.8 Å². The lowest BCUT2D eigenvalue weighted by Gasteiger charge is -2.21. The van der Waals surface area contributed by atoms with Crippen molar-refractivity contribution in [1.29, 1.82) is 0 Å². The van der Waals surface area contributed by atoms with E-state index in [1.807, 2.05) is 16.8 Å². The number of carbonyl (C=O) groups is 1. The van der Waals surface area contributed by atoms with Crippen molar-refractivity contribution in [3.05, 3.63) is 48.3 Å². The topological polar surface area (TPSA) is 72.7 Å². The molecule has 6 heteroatoms. The van der Waals surface area contributed by atoms with E-state index in [0.29, 0.717) is 5.69 Å². The fourth-order valence-electron chi connectivity index (χ4n) is 2.36. The largest absolute Gasteiger partial charge is 0.387 e. The summed E-state index contributed by atoms with van der Waals surface area (Å²) >= 11 is 0. The van der Waals surface area contributed by atoms with Crippen molar-refractivity contribution in [3.63, 3.8) is 0 Å². The zero-order chi connectivity index (χ0) is 16.6. The van der Waals surface area contributed by atoms with Crippen molar-refractivity contribution >= 4 is 22.5 Å². The molecule has 1 N–H and O–H groups in total. The second-order valence-electron chi connectivity index (χ2n) is 6.34. The predicted molar refractivity (Wildman–Crippen MR) is 89.7 cm³/mol. The van der Waals surface area contributed by atoms with Gasteiger partial charge in [-0.2, -0.15) is 0 Å². The number of pyridine rings is 1. The van der Waals surface area contributed by atoms with Crippen molar-refractivity contribution in [2.45, 2.75) is 26.3 Å². The van der Waals surface area contributed by atoms with Gasteiger partial charge in [0, 0.05) is 30.4 Å². The second kappa shape index (κ2) is 5.46. The van der Waals surface area contributed by atoms with Gasteiger partial charge in [-0.05, 0) is 39.0 Å². The highest BCUT2D eigenvalue weighted by Crippen LogP contribution is 2.22. The van der Waals surface area contributed by atoms with Crippen LogP contribution in [0.1, 0.15) is 37.1 Å². The molecular formula is C17H19N5O. The van der Waals surface area contributed by atoms with Gasteiger partial charge in [0.2, 0.25) is 11.6 Å². The van der Waals surface area contributed by atoms with E-state index in [0.717, 1.165) is 16.7 Å². The summed E-state index contributed by atoms with van der Waals surface area (Å²) < 4.78 is 2.04. The third-order valence-corrected chi connectivity index (χ3v) is 3.64. The Balaban J connectivity index is 2.03. The Morgan fingerprint density at radius 3 is 2.52 bits per heavy atom. The first-order valence-electron chi connectivity index (χ1n) is 7.43. The van der Waals surface area contributed by atoms with E-state index in [1.54, 1.807) is 31.6 Å². The molecule has 0 saturated carbocycles. The summed E-state index contributed by atoms with van der Waals surface area (Å²) in [5.74, 6) is -0.123. The molecule has 0 amide bonds. The first-order valence-corrected chi connectivity index (χ1v) is 7.43. The monoisotopic (exact) mass is 309 g/mol. The molecule has 0 atom stereocenters. The van der Waals surface area contributed by atoms with E-state index in [9.17, 15) is 4.79 Å². The number of fused-ring (bicyclic) bond motifs is 1. The quantitative estimate of drug-likeness (QED) is 0.753. The van der Waals surface area contributed by atoms with E-state index in [-0.39, 0.29) is 17.1 Å². The number of hydrogen-bond acceptors (Lipinski definition) is 5. The SMILES string of the molecule is CNc1ccc(C(=O)c2ncc3ccn(C(C)(C)C)c3n2)nc1. The highest BCUT2D eigenvalue weighted by atomic mass is 16.1. The number of aromatic nitrogens is 4. The Labute approximate surface area is 134 Å². The van der Waals surface area contributed by atoms with Crippen LogP contribution in [0.4, 0.5) is 5.69 Å². The average Bonchev–Trinajstić information content (AvgIpc) is 2.97. The minimum Gasteiger partial charge on any atom is -0.387 e. The van der Waals surface area contributed by atoms with E-state index in [4.69, 9.17) is 0 Å². The zero-order valence-corrected chi connectivity index (χ0v) is 13.7. The summed E-state index contributed by atoms with van der Waals surface area (Å²) in [6.45, 7) is 6.27. The zero-order valence-electron chi connectivity index (χ0n) is 13.7. The van der Waals surface area contributed by atoms with Gasteiger partial charge in [0.05, 0.1) is 11.9 Å². The molecule has 0 bridgehead atoms. The Morgan fingerprint density at radius 2 is 1.91 bits per heavy atom. The highest BCUT2D eigenvalue weighted by molar-refractivity contribution is 6.05. The van der Waals surface area contributed by atoms with Crippen LogP contribution < -0.4 is 5.32 Å². The number of ketones is 1. The van der Waals surface area contributed by atoms with Crippen LogP contribution in [0.2, 0.25) is 0 Å². The predicted octanol–water partition coefficient (Wildman–Crippen LogP) is 2.85. The van der Waals surface area contributed by atoms with Crippen molar-refractivity contribution in [2.75, 3.05) is 12.4 Å². The van der Waals surface area contributed by atoms with Gasteiger partial charge < -0.3 is 9.88 Å². The molecule has 6 nitrogen and oxygen atoms in total. The summed E-state index contributed by atoms with van der Waals surface area (Å²) in [5.41, 5.74) is 1.81. The highest BCUT2D eigenvalue weighted by Gasteiger charge is 2.19. The molecule has 0 aromatic carbocycles. The molecule has 3 heterocycles. The fourth-order valence-corrected chi connectivity index (χ4v) is 2.36. The minimum atomic E-state index is -0.281. The maximum absolute atomic E-state index is 12.6. The van der Waals surface area contributed by atoms with Gasteiger partial charge in [0.25, 0.3) is 0 Å². The van der Waals surface area contributed by atoms with E-state index in [1.165, 1.54) is 0 Å². The first kappa shape index (κ1) is 15.1. The Bertz CT molecular complexity index is 859. The molecule has 0 spiro atoms. The van der Waals surface area contributed by atoms with Crippen LogP contribution >= 0.6 is 0 Å². The van der Waals surface area contributed by atoms with Crippen LogP contribution in [-0.4, -0.2) is 32.3 Å². The molecular weight excluding hydrogens is 290 g/mol. The Morgan fingerprint density at radius 1 is 1.13 bits per heavy atom. The maximum atomic E-state index is 12.6. The standard InChI is InChI=1S/C17H19N5O/c1-17(2,3)22-8-7-11-9-20-15(21-16(11)22)14(23)13-6-5-12(18-4)10-19-13/h5-10,18H,1-4H3. The number of hydrogen-bond donors (Lipinski definition) is 1. The number of nitrogens with one attached hydrogen (secondary N) is 1. The molecule has 0 aliphatic heterocycles. The van der Waals surface area contributed by atoms with Crippen LogP contribution in [0.5, 0.6) is 0 Å². The van der Waals surface area contributed by atoms with Gasteiger partial charge in [-0.15, -0.1) is 0 Å². The van der Waals surface area contributed by atoms with Crippen LogP contribution in [0.25, 0.3) is 11.0 Å². The number of carbonyl (C=O) groups excluding carboxylic acids is 1. The summed E-state index contributed by atoms with van der Waals surface area (Å²) in [6.07, 6.45) is 5.26. The van der Waals surface area contributed by atoms with Gasteiger partial charge in [0.15, 0.2) is 0 Å². The lowest BCUT2D eigenvalue weighted by Crippen LogP contribution is -2.21. The molecule has 3 rings (SSSR count). The summed E-state index contributed by atoms with van der Waals surface area (Å²) in [7, 11) is 1.80. The lowest BCUT2D eigenvalue weighted by molar-refractivity contribution is 0.102. The van der Waals surface area contributed by atoms with Gasteiger partial charge in [-0.3, -0.25) is 9.78 Å². The summed E-state index contributed by atoms with van der Waals surface area (Å²) in [5, 5.41) is 3.88. The van der Waals surface area contributed by atoms with Crippen LogP contribution in [0, 0.1) is 0 Å². The summed E-state index contributed by atoms with van der Waals surface area (Å²) in [4.78, 5) is 25.4. The van der Waals surface area contributed by atoms with Crippen LogP contribution in [-0.2, 0) is 5.54 Å². The van der Waals surface area contributed by atoms with Crippen molar-refractivity contribution in [3.8, 4) is 0 Å². The number of anilines is 1.